The molecule has 0 amide bonds. The normalized spacial score (nSPS) is 19.5. The topological polar surface area (TPSA) is 57.6 Å². The van der Waals surface area contributed by atoms with E-state index >= 15 is 0 Å². The molecule has 0 aromatic heterocycles. The number of rotatable bonds is 6. The number of aryl methyl sites for hydroxylation is 2. The zero-order valence-corrected chi connectivity index (χ0v) is 14.3. The second-order valence-corrected chi connectivity index (χ2v) is 7.21. The van der Waals surface area contributed by atoms with Crippen LogP contribution in [-0.2, 0) is 17.6 Å². The molecule has 4 nitrogen and oxygen atoms in total. The first-order valence-corrected chi connectivity index (χ1v) is 9.23. The van der Waals surface area contributed by atoms with Crippen molar-refractivity contribution in [2.45, 2.75) is 51.4 Å². The van der Waals surface area contributed by atoms with Gasteiger partial charge in [0.15, 0.2) is 5.78 Å². The van der Waals surface area contributed by atoms with Gasteiger partial charge in [0.05, 0.1) is 6.42 Å². The molecule has 4 heteroatoms. The van der Waals surface area contributed by atoms with Gasteiger partial charge in [0.25, 0.3) is 0 Å². The zero-order chi connectivity index (χ0) is 16.9. The average Bonchev–Trinajstić information content (AvgIpc) is 2.88. The lowest BCUT2D eigenvalue weighted by atomic mass is 9.92. The number of carbonyl (C=O) groups is 2. The summed E-state index contributed by atoms with van der Waals surface area (Å²) in [5, 5.41) is 9.25. The molecule has 1 aliphatic heterocycles. The number of hydrogen-bond donors (Lipinski definition) is 1. The van der Waals surface area contributed by atoms with Gasteiger partial charge in [0.2, 0.25) is 0 Å². The summed E-state index contributed by atoms with van der Waals surface area (Å²) in [4.78, 5) is 26.5. The molecule has 1 atom stereocenters. The van der Waals surface area contributed by atoms with Gasteiger partial charge in [-0.25, -0.2) is 0 Å². The SMILES string of the molecule is O=C(O)CC(CN1CCCCCC1)C(=O)c1ccc2c(c1)CCC2. The van der Waals surface area contributed by atoms with E-state index in [1.54, 1.807) is 0 Å². The molecule has 1 unspecified atom stereocenters. The minimum absolute atomic E-state index is 0.00338. The Morgan fingerprint density at radius 2 is 1.71 bits per heavy atom. The van der Waals surface area contributed by atoms with Gasteiger partial charge in [-0.05, 0) is 62.4 Å². The van der Waals surface area contributed by atoms with Crippen LogP contribution in [0.15, 0.2) is 18.2 Å². The number of carboxylic acids is 1. The predicted molar refractivity (Wildman–Crippen MR) is 93.4 cm³/mol. The van der Waals surface area contributed by atoms with Crippen molar-refractivity contribution in [2.75, 3.05) is 19.6 Å². The van der Waals surface area contributed by atoms with E-state index in [2.05, 4.69) is 11.0 Å². The number of carboxylic acid groups (broad SMARTS) is 1. The highest BCUT2D eigenvalue weighted by Crippen LogP contribution is 2.25. The number of Topliss-reactive ketones (excluding diaryl/α,β-unsaturated/α-hetero) is 1. The minimum Gasteiger partial charge on any atom is -0.481 e. The molecule has 24 heavy (non-hydrogen) atoms. The van der Waals surface area contributed by atoms with Crippen molar-refractivity contribution < 1.29 is 14.7 Å². The number of nitrogens with zero attached hydrogens (tertiary/aromatic N) is 1. The molecule has 1 heterocycles. The Kier molecular flexibility index (Phi) is 5.67. The van der Waals surface area contributed by atoms with Crippen LogP contribution in [0, 0.1) is 5.92 Å². The third-order valence-electron chi connectivity index (χ3n) is 5.35. The number of carbonyl (C=O) groups excluding carboxylic acids is 1. The lowest BCUT2D eigenvalue weighted by Gasteiger charge is -2.25. The van der Waals surface area contributed by atoms with Crippen LogP contribution in [0.3, 0.4) is 0 Å². The molecule has 1 N–H and O–H groups in total. The molecule has 1 aromatic carbocycles. The van der Waals surface area contributed by atoms with Crippen LogP contribution in [0.5, 0.6) is 0 Å². The van der Waals surface area contributed by atoms with Gasteiger partial charge in [0, 0.05) is 18.0 Å². The molecular weight excluding hydrogens is 302 g/mol. The standard InChI is InChI=1S/C20H27NO3/c22-19(23)13-18(14-21-10-3-1-2-4-11-21)20(24)17-9-8-15-6-5-7-16(15)12-17/h8-9,12,18H,1-7,10-11,13-14H2,(H,22,23). The highest BCUT2D eigenvalue weighted by Gasteiger charge is 2.26. The Labute approximate surface area is 143 Å². The van der Waals surface area contributed by atoms with Crippen molar-refractivity contribution in [1.29, 1.82) is 0 Å². The van der Waals surface area contributed by atoms with Crippen molar-refractivity contribution in [3.8, 4) is 0 Å². The number of ketones is 1. The number of benzene rings is 1. The highest BCUT2D eigenvalue weighted by atomic mass is 16.4. The molecule has 0 bridgehead atoms. The summed E-state index contributed by atoms with van der Waals surface area (Å²) >= 11 is 0. The maximum absolute atomic E-state index is 12.9. The Hall–Kier alpha value is -1.68. The second kappa shape index (κ2) is 7.93. The average molecular weight is 329 g/mol. The fraction of sp³-hybridized carbons (Fsp3) is 0.600. The van der Waals surface area contributed by atoms with Crippen molar-refractivity contribution in [3.63, 3.8) is 0 Å². The summed E-state index contributed by atoms with van der Waals surface area (Å²) in [6.07, 6.45) is 7.96. The Bertz CT molecular complexity index is 603. The molecule has 1 saturated heterocycles. The van der Waals surface area contributed by atoms with Crippen molar-refractivity contribution in [3.05, 3.63) is 34.9 Å². The quantitative estimate of drug-likeness (QED) is 0.813. The van der Waals surface area contributed by atoms with Gasteiger partial charge in [0.1, 0.15) is 0 Å². The van der Waals surface area contributed by atoms with E-state index in [4.69, 9.17) is 0 Å². The van der Waals surface area contributed by atoms with Crippen LogP contribution >= 0.6 is 0 Å². The monoisotopic (exact) mass is 329 g/mol. The highest BCUT2D eigenvalue weighted by molar-refractivity contribution is 5.99. The van der Waals surface area contributed by atoms with Gasteiger partial charge in [-0.1, -0.05) is 25.0 Å². The Morgan fingerprint density at radius 1 is 1.00 bits per heavy atom. The minimum atomic E-state index is -0.885. The van der Waals surface area contributed by atoms with Gasteiger partial charge in [-0.2, -0.15) is 0 Å². The van der Waals surface area contributed by atoms with E-state index in [0.29, 0.717) is 12.1 Å². The van der Waals surface area contributed by atoms with E-state index in [0.717, 1.165) is 45.2 Å². The fourth-order valence-electron chi connectivity index (χ4n) is 4.04. The molecule has 3 rings (SSSR count). The molecule has 130 valence electrons. The van der Waals surface area contributed by atoms with Gasteiger partial charge < -0.3 is 10.0 Å². The van der Waals surface area contributed by atoms with Crippen LogP contribution in [0.1, 0.15) is 60.0 Å². The molecule has 0 radical (unpaired) electrons. The molecular formula is C20H27NO3. The second-order valence-electron chi connectivity index (χ2n) is 7.21. The number of aliphatic carboxylic acids is 1. The van der Waals surface area contributed by atoms with Crippen molar-refractivity contribution >= 4 is 11.8 Å². The maximum atomic E-state index is 12.9. The molecule has 1 aromatic rings. The molecule has 1 fully saturated rings. The number of likely N-dealkylation sites (tertiary alicyclic amines) is 1. The lowest BCUT2D eigenvalue weighted by molar-refractivity contribution is -0.137. The summed E-state index contributed by atoms with van der Waals surface area (Å²) < 4.78 is 0. The van der Waals surface area contributed by atoms with Gasteiger partial charge >= 0.3 is 5.97 Å². The van der Waals surface area contributed by atoms with Gasteiger partial charge in [-0.15, -0.1) is 0 Å². The molecule has 1 aliphatic carbocycles. The summed E-state index contributed by atoms with van der Waals surface area (Å²) in [5.41, 5.74) is 3.30. The van der Waals surface area contributed by atoms with Crippen LogP contribution < -0.4 is 0 Å². The van der Waals surface area contributed by atoms with Crippen molar-refractivity contribution in [2.24, 2.45) is 5.92 Å². The third kappa shape index (κ3) is 4.23. The van der Waals surface area contributed by atoms with Crippen molar-refractivity contribution in [1.82, 2.24) is 4.90 Å². The van der Waals surface area contributed by atoms with Crippen LogP contribution in [-0.4, -0.2) is 41.4 Å². The number of fused-ring (bicyclic) bond motifs is 1. The maximum Gasteiger partial charge on any atom is 0.304 e. The van der Waals surface area contributed by atoms with E-state index in [1.807, 2.05) is 12.1 Å². The van der Waals surface area contributed by atoms with Gasteiger partial charge in [-0.3, -0.25) is 9.59 Å². The first-order valence-electron chi connectivity index (χ1n) is 9.23. The zero-order valence-electron chi connectivity index (χ0n) is 14.3. The summed E-state index contributed by atoms with van der Waals surface area (Å²) in [6, 6.07) is 5.95. The molecule has 2 aliphatic rings. The predicted octanol–water partition coefficient (Wildman–Crippen LogP) is 3.32. The Morgan fingerprint density at radius 3 is 2.42 bits per heavy atom. The summed E-state index contributed by atoms with van der Waals surface area (Å²) in [5.74, 6) is -1.33. The lowest BCUT2D eigenvalue weighted by Crippen LogP contribution is -2.35. The molecule has 0 saturated carbocycles. The fourth-order valence-corrected chi connectivity index (χ4v) is 4.04. The Balaban J connectivity index is 1.74. The van der Waals surface area contributed by atoms with Crippen LogP contribution in [0.2, 0.25) is 0 Å². The van der Waals surface area contributed by atoms with E-state index in [1.165, 1.54) is 24.0 Å². The summed E-state index contributed by atoms with van der Waals surface area (Å²) in [6.45, 7) is 2.53. The largest absolute Gasteiger partial charge is 0.481 e. The molecule has 0 spiro atoms. The first kappa shape index (κ1) is 17.2. The first-order chi connectivity index (χ1) is 11.6. The smallest absolute Gasteiger partial charge is 0.304 e. The van der Waals surface area contributed by atoms with E-state index < -0.39 is 11.9 Å². The van der Waals surface area contributed by atoms with Crippen LogP contribution in [0.25, 0.3) is 0 Å². The van der Waals surface area contributed by atoms with E-state index in [9.17, 15) is 14.7 Å². The van der Waals surface area contributed by atoms with Crippen LogP contribution in [0.4, 0.5) is 0 Å². The van der Waals surface area contributed by atoms with E-state index in [-0.39, 0.29) is 12.2 Å². The summed E-state index contributed by atoms with van der Waals surface area (Å²) in [7, 11) is 0. The third-order valence-corrected chi connectivity index (χ3v) is 5.35. The number of hydrogen-bond acceptors (Lipinski definition) is 3.